The SMILES string of the molecule is COC(=O)[C@H]1CCC[C@H](Oc2ccc(-c3nnn(C)c3N)nc2C)C1. The Balaban J connectivity index is 1.73. The van der Waals surface area contributed by atoms with Crippen molar-refractivity contribution in [3.05, 3.63) is 17.8 Å². The van der Waals surface area contributed by atoms with Crippen molar-refractivity contribution in [2.45, 2.75) is 38.7 Å². The van der Waals surface area contributed by atoms with Crippen molar-refractivity contribution < 1.29 is 14.3 Å². The molecule has 2 aromatic heterocycles. The van der Waals surface area contributed by atoms with Gasteiger partial charge in [0, 0.05) is 7.05 Å². The Bertz CT molecular complexity index is 774. The van der Waals surface area contributed by atoms with Crippen LogP contribution in [0.1, 0.15) is 31.4 Å². The second-order valence-electron chi connectivity index (χ2n) is 6.35. The number of nitrogens with zero attached hydrogens (tertiary/aromatic N) is 4. The number of esters is 1. The van der Waals surface area contributed by atoms with Crippen LogP contribution in [0.15, 0.2) is 12.1 Å². The quantitative estimate of drug-likeness (QED) is 0.843. The van der Waals surface area contributed by atoms with Gasteiger partial charge in [0.2, 0.25) is 0 Å². The summed E-state index contributed by atoms with van der Waals surface area (Å²) in [4.78, 5) is 16.3. The molecule has 1 fully saturated rings. The molecule has 8 nitrogen and oxygen atoms in total. The van der Waals surface area contributed by atoms with Gasteiger partial charge >= 0.3 is 5.97 Å². The predicted molar refractivity (Wildman–Crippen MR) is 91.8 cm³/mol. The first-order valence-corrected chi connectivity index (χ1v) is 8.37. The molecule has 1 aliphatic carbocycles. The topological polar surface area (TPSA) is 105 Å². The lowest BCUT2D eigenvalue weighted by Crippen LogP contribution is -2.30. The Hall–Kier alpha value is -2.64. The van der Waals surface area contributed by atoms with E-state index in [1.54, 1.807) is 7.05 Å². The van der Waals surface area contributed by atoms with Gasteiger partial charge in [-0.25, -0.2) is 9.67 Å². The van der Waals surface area contributed by atoms with E-state index in [1.807, 2.05) is 19.1 Å². The highest BCUT2D eigenvalue weighted by atomic mass is 16.5. The number of nitrogens with two attached hydrogens (primary N) is 1. The molecule has 0 amide bonds. The number of pyridine rings is 1. The summed E-state index contributed by atoms with van der Waals surface area (Å²) in [6.07, 6.45) is 3.39. The lowest BCUT2D eigenvalue weighted by molar-refractivity contribution is -0.147. The third-order valence-electron chi connectivity index (χ3n) is 4.60. The largest absolute Gasteiger partial charge is 0.489 e. The van der Waals surface area contributed by atoms with E-state index in [0.717, 1.165) is 25.0 Å². The summed E-state index contributed by atoms with van der Waals surface area (Å²) in [6, 6.07) is 3.69. The fourth-order valence-corrected chi connectivity index (χ4v) is 3.16. The highest BCUT2D eigenvalue weighted by Crippen LogP contribution is 2.31. The molecule has 3 rings (SSSR count). The van der Waals surface area contributed by atoms with Crippen molar-refractivity contribution in [2.24, 2.45) is 13.0 Å². The standard InChI is InChI=1S/C17H23N5O3/c1-10-14(25-12-6-4-5-11(9-12)17(23)24-3)8-7-13(19-10)15-16(18)22(2)21-20-15/h7-8,11-12H,4-6,9,18H2,1-3H3/t11-,12-/m0/s1. The smallest absolute Gasteiger partial charge is 0.308 e. The van der Waals surface area contributed by atoms with Crippen LogP contribution in [0.2, 0.25) is 0 Å². The molecule has 1 saturated carbocycles. The summed E-state index contributed by atoms with van der Waals surface area (Å²) < 4.78 is 12.5. The zero-order valence-corrected chi connectivity index (χ0v) is 14.7. The van der Waals surface area contributed by atoms with Crippen molar-refractivity contribution in [1.29, 1.82) is 0 Å². The first-order chi connectivity index (χ1) is 12.0. The number of rotatable bonds is 4. The summed E-state index contributed by atoms with van der Waals surface area (Å²) in [5.74, 6) is 0.933. The van der Waals surface area contributed by atoms with E-state index >= 15 is 0 Å². The molecule has 2 heterocycles. The third-order valence-corrected chi connectivity index (χ3v) is 4.60. The lowest BCUT2D eigenvalue weighted by atomic mass is 9.87. The van der Waals surface area contributed by atoms with Gasteiger partial charge in [0.25, 0.3) is 0 Å². The average Bonchev–Trinajstić information content (AvgIpc) is 2.95. The normalized spacial score (nSPS) is 20.3. The Morgan fingerprint density at radius 1 is 1.36 bits per heavy atom. The minimum absolute atomic E-state index is 0.00853. The van der Waals surface area contributed by atoms with Crippen molar-refractivity contribution in [3.63, 3.8) is 0 Å². The highest BCUT2D eigenvalue weighted by Gasteiger charge is 2.29. The van der Waals surface area contributed by atoms with Gasteiger partial charge in [-0.2, -0.15) is 0 Å². The van der Waals surface area contributed by atoms with Gasteiger partial charge < -0.3 is 15.2 Å². The number of nitrogen functional groups attached to an aromatic ring is 1. The molecule has 0 aliphatic heterocycles. The Morgan fingerprint density at radius 3 is 2.80 bits per heavy atom. The van der Waals surface area contributed by atoms with Crippen LogP contribution >= 0.6 is 0 Å². The van der Waals surface area contributed by atoms with E-state index in [0.29, 0.717) is 29.4 Å². The van der Waals surface area contributed by atoms with E-state index in [9.17, 15) is 4.79 Å². The molecular formula is C17H23N5O3. The van der Waals surface area contributed by atoms with Gasteiger partial charge in [-0.3, -0.25) is 4.79 Å². The van der Waals surface area contributed by atoms with Crippen molar-refractivity contribution >= 4 is 11.8 Å². The maximum atomic E-state index is 11.8. The molecule has 0 bridgehead atoms. The second kappa shape index (κ2) is 7.08. The van der Waals surface area contributed by atoms with Gasteiger partial charge in [0.15, 0.2) is 11.5 Å². The third kappa shape index (κ3) is 3.57. The molecule has 2 aromatic rings. The van der Waals surface area contributed by atoms with Crippen LogP contribution in [0.3, 0.4) is 0 Å². The molecule has 0 spiro atoms. The highest BCUT2D eigenvalue weighted by molar-refractivity contribution is 5.72. The van der Waals surface area contributed by atoms with Gasteiger partial charge in [-0.15, -0.1) is 5.10 Å². The van der Waals surface area contributed by atoms with Crippen molar-refractivity contribution in [3.8, 4) is 17.1 Å². The molecular weight excluding hydrogens is 322 g/mol. The molecule has 2 atom stereocenters. The number of hydrogen-bond acceptors (Lipinski definition) is 7. The lowest BCUT2D eigenvalue weighted by Gasteiger charge is -2.28. The summed E-state index contributed by atoms with van der Waals surface area (Å²) in [5, 5.41) is 7.94. The maximum absolute atomic E-state index is 11.8. The van der Waals surface area contributed by atoms with Crippen LogP contribution in [0.4, 0.5) is 5.82 Å². The number of aryl methyl sites for hydroxylation is 2. The number of aromatic nitrogens is 4. The van der Waals surface area contributed by atoms with Crippen LogP contribution < -0.4 is 10.5 Å². The van der Waals surface area contributed by atoms with E-state index in [2.05, 4.69) is 15.3 Å². The van der Waals surface area contributed by atoms with Gasteiger partial charge in [-0.05, 0) is 44.7 Å². The molecule has 25 heavy (non-hydrogen) atoms. The van der Waals surface area contributed by atoms with E-state index in [-0.39, 0.29) is 18.0 Å². The fourth-order valence-electron chi connectivity index (χ4n) is 3.16. The summed E-state index contributed by atoms with van der Waals surface area (Å²) in [5.41, 5.74) is 7.92. The molecule has 0 aromatic carbocycles. The predicted octanol–water partition coefficient (Wildman–Crippen LogP) is 1.88. The zero-order valence-electron chi connectivity index (χ0n) is 14.7. The monoisotopic (exact) mass is 345 g/mol. The summed E-state index contributed by atoms with van der Waals surface area (Å²) in [6.45, 7) is 1.88. The molecule has 8 heteroatoms. The minimum Gasteiger partial charge on any atom is -0.489 e. The number of anilines is 1. The number of carbonyl (C=O) groups is 1. The minimum atomic E-state index is -0.156. The van der Waals surface area contributed by atoms with Crippen LogP contribution in [0.5, 0.6) is 5.75 Å². The number of hydrogen-bond donors (Lipinski definition) is 1. The van der Waals surface area contributed by atoms with Crippen LogP contribution in [-0.4, -0.2) is 39.2 Å². The fraction of sp³-hybridized carbons (Fsp3) is 0.529. The molecule has 1 aliphatic rings. The van der Waals surface area contributed by atoms with Crippen LogP contribution in [-0.2, 0) is 16.6 Å². The number of ether oxygens (including phenoxy) is 2. The molecule has 2 N–H and O–H groups in total. The Labute approximate surface area is 146 Å². The van der Waals surface area contributed by atoms with E-state index in [1.165, 1.54) is 11.8 Å². The van der Waals surface area contributed by atoms with E-state index < -0.39 is 0 Å². The first-order valence-electron chi connectivity index (χ1n) is 8.37. The van der Waals surface area contributed by atoms with Gasteiger partial charge in [0.1, 0.15) is 5.75 Å². The summed E-state index contributed by atoms with van der Waals surface area (Å²) >= 11 is 0. The van der Waals surface area contributed by atoms with Crippen LogP contribution in [0, 0.1) is 12.8 Å². The van der Waals surface area contributed by atoms with Gasteiger partial charge in [0.05, 0.1) is 30.5 Å². The first kappa shape index (κ1) is 17.2. The number of methoxy groups -OCH3 is 1. The van der Waals surface area contributed by atoms with Crippen molar-refractivity contribution in [2.75, 3.05) is 12.8 Å². The Morgan fingerprint density at radius 2 is 2.16 bits per heavy atom. The van der Waals surface area contributed by atoms with Crippen LogP contribution in [0.25, 0.3) is 11.4 Å². The Kier molecular flexibility index (Phi) is 4.87. The molecule has 0 unspecified atom stereocenters. The zero-order chi connectivity index (χ0) is 18.0. The maximum Gasteiger partial charge on any atom is 0.308 e. The molecule has 0 radical (unpaired) electrons. The molecule has 0 saturated heterocycles. The number of carbonyl (C=O) groups excluding carboxylic acids is 1. The second-order valence-corrected chi connectivity index (χ2v) is 6.35. The molecule has 134 valence electrons. The average molecular weight is 345 g/mol. The van der Waals surface area contributed by atoms with Crippen molar-refractivity contribution in [1.82, 2.24) is 20.0 Å². The summed E-state index contributed by atoms with van der Waals surface area (Å²) in [7, 11) is 3.16. The van der Waals surface area contributed by atoms with Gasteiger partial charge in [-0.1, -0.05) is 5.21 Å². The van der Waals surface area contributed by atoms with E-state index in [4.69, 9.17) is 15.2 Å².